The number of carbonyl (C=O) groups excluding carboxylic acids is 3. The Bertz CT molecular complexity index is 1040. The minimum Gasteiger partial charge on any atom is -0.497 e. The van der Waals surface area contributed by atoms with Crippen molar-refractivity contribution < 1.29 is 23.9 Å². The van der Waals surface area contributed by atoms with Crippen molar-refractivity contribution in [3.63, 3.8) is 0 Å². The Labute approximate surface area is 204 Å². The molecule has 0 saturated carbocycles. The van der Waals surface area contributed by atoms with Crippen molar-refractivity contribution >= 4 is 29.5 Å². The minimum absolute atomic E-state index is 0.148. The third-order valence-electron chi connectivity index (χ3n) is 5.67. The van der Waals surface area contributed by atoms with E-state index in [1.165, 1.54) is 6.92 Å². The van der Waals surface area contributed by atoms with Gasteiger partial charge < -0.3 is 19.7 Å². The third kappa shape index (κ3) is 6.11. The van der Waals surface area contributed by atoms with Gasteiger partial charge in [0.2, 0.25) is 11.8 Å². The number of aromatic nitrogens is 2. The number of thioether (sulfide) groups is 1. The molecule has 0 bridgehead atoms. The number of fused-ring (bicyclic) bond motifs is 1. The molecule has 1 atom stereocenters. The Morgan fingerprint density at radius 1 is 1.29 bits per heavy atom. The second-order valence-corrected chi connectivity index (χ2v) is 9.03. The van der Waals surface area contributed by atoms with E-state index >= 15 is 0 Å². The van der Waals surface area contributed by atoms with Crippen molar-refractivity contribution in [2.24, 2.45) is 0 Å². The molecule has 10 heteroatoms. The van der Waals surface area contributed by atoms with Crippen LogP contribution in [-0.4, -0.2) is 70.8 Å². The topological polar surface area (TPSA) is 103 Å². The van der Waals surface area contributed by atoms with E-state index < -0.39 is 12.0 Å². The van der Waals surface area contributed by atoms with Crippen LogP contribution in [0.2, 0.25) is 0 Å². The Kier molecular flexibility index (Phi) is 8.98. The van der Waals surface area contributed by atoms with E-state index in [9.17, 15) is 14.4 Å². The van der Waals surface area contributed by atoms with E-state index in [2.05, 4.69) is 10.4 Å². The predicted octanol–water partition coefficient (Wildman–Crippen LogP) is 2.26. The van der Waals surface area contributed by atoms with Gasteiger partial charge in [0.1, 0.15) is 11.8 Å². The van der Waals surface area contributed by atoms with Gasteiger partial charge in [-0.25, -0.2) is 4.79 Å². The van der Waals surface area contributed by atoms with E-state index in [-0.39, 0.29) is 30.7 Å². The summed E-state index contributed by atoms with van der Waals surface area (Å²) < 4.78 is 12.4. The summed E-state index contributed by atoms with van der Waals surface area (Å²) in [5, 5.41) is 7.36. The first kappa shape index (κ1) is 25.6. The fourth-order valence-corrected chi connectivity index (χ4v) is 4.55. The fourth-order valence-electron chi connectivity index (χ4n) is 4.08. The number of nitrogens with zero attached hydrogens (tertiary/aromatic N) is 3. The van der Waals surface area contributed by atoms with Gasteiger partial charge in [0.25, 0.3) is 0 Å². The average molecular weight is 489 g/mol. The van der Waals surface area contributed by atoms with Crippen molar-refractivity contribution in [1.82, 2.24) is 20.0 Å². The van der Waals surface area contributed by atoms with Gasteiger partial charge in [0.15, 0.2) is 5.69 Å². The number of nitrogens with one attached hydrogen (secondary N) is 1. The standard InChI is InChI=1S/C24H32N4O5S/c1-5-33-24(31)22-19-15-27(23(30)20(10-12-34-4)25-16(2)29)11-9-21(19)28(26-22)14-17-7-6-8-18(13-17)32-3/h6-8,13,20H,5,9-12,14-15H2,1-4H3,(H,25,29)/t20-/m0/s1. The molecular weight excluding hydrogens is 456 g/mol. The first-order chi connectivity index (χ1) is 16.4. The zero-order valence-corrected chi connectivity index (χ0v) is 20.9. The smallest absolute Gasteiger partial charge is 0.359 e. The molecule has 1 aliphatic rings. The van der Waals surface area contributed by atoms with Crippen LogP contribution in [-0.2, 0) is 33.8 Å². The summed E-state index contributed by atoms with van der Waals surface area (Å²) in [7, 11) is 1.62. The van der Waals surface area contributed by atoms with Crippen molar-refractivity contribution in [2.45, 2.75) is 45.8 Å². The van der Waals surface area contributed by atoms with Crippen LogP contribution in [0.15, 0.2) is 24.3 Å². The Morgan fingerprint density at radius 3 is 2.76 bits per heavy atom. The van der Waals surface area contributed by atoms with E-state index in [1.807, 2.05) is 35.2 Å². The highest BCUT2D eigenvalue weighted by atomic mass is 32.2. The van der Waals surface area contributed by atoms with E-state index in [0.717, 1.165) is 22.8 Å². The van der Waals surface area contributed by atoms with Gasteiger partial charge in [-0.15, -0.1) is 0 Å². The largest absolute Gasteiger partial charge is 0.497 e. The molecule has 2 heterocycles. The van der Waals surface area contributed by atoms with Crippen LogP contribution in [0.1, 0.15) is 47.6 Å². The second-order valence-electron chi connectivity index (χ2n) is 8.05. The summed E-state index contributed by atoms with van der Waals surface area (Å²) in [6.07, 6.45) is 3.06. The number of methoxy groups -OCH3 is 1. The highest BCUT2D eigenvalue weighted by Crippen LogP contribution is 2.26. The molecule has 0 radical (unpaired) electrons. The quantitative estimate of drug-likeness (QED) is 0.512. The molecule has 0 spiro atoms. The monoisotopic (exact) mass is 488 g/mol. The molecule has 1 aliphatic heterocycles. The van der Waals surface area contributed by atoms with Crippen LogP contribution >= 0.6 is 11.8 Å². The van der Waals surface area contributed by atoms with Gasteiger partial charge in [0.05, 0.1) is 20.3 Å². The summed E-state index contributed by atoms with van der Waals surface area (Å²) in [6.45, 7) is 4.59. The molecule has 184 valence electrons. The number of amides is 2. The zero-order valence-electron chi connectivity index (χ0n) is 20.1. The van der Waals surface area contributed by atoms with Crippen LogP contribution in [0.5, 0.6) is 5.75 Å². The van der Waals surface area contributed by atoms with Crippen molar-refractivity contribution in [3.8, 4) is 5.75 Å². The molecule has 9 nitrogen and oxygen atoms in total. The second kappa shape index (κ2) is 11.9. The van der Waals surface area contributed by atoms with Gasteiger partial charge in [-0.2, -0.15) is 16.9 Å². The number of rotatable bonds is 10. The van der Waals surface area contributed by atoms with Gasteiger partial charge >= 0.3 is 5.97 Å². The van der Waals surface area contributed by atoms with E-state index in [1.54, 1.807) is 30.7 Å². The molecule has 0 aliphatic carbocycles. The SMILES string of the molecule is CCOC(=O)c1nn(Cc2cccc(OC)c2)c2c1CN(C(=O)[C@H](CCSC)NC(C)=O)CC2. The van der Waals surface area contributed by atoms with E-state index in [4.69, 9.17) is 9.47 Å². The van der Waals surface area contributed by atoms with Crippen LogP contribution < -0.4 is 10.1 Å². The normalized spacial score (nSPS) is 13.7. The average Bonchev–Trinajstić information content (AvgIpc) is 3.19. The fraction of sp³-hybridized carbons (Fsp3) is 0.500. The van der Waals surface area contributed by atoms with Gasteiger partial charge in [-0.3, -0.25) is 14.3 Å². The molecule has 1 aromatic carbocycles. The molecule has 0 unspecified atom stereocenters. The summed E-state index contributed by atoms with van der Waals surface area (Å²) in [5.41, 5.74) is 2.83. The highest BCUT2D eigenvalue weighted by Gasteiger charge is 2.33. The van der Waals surface area contributed by atoms with Crippen molar-refractivity contribution in [3.05, 3.63) is 46.8 Å². The Balaban J connectivity index is 1.89. The van der Waals surface area contributed by atoms with Gasteiger partial charge in [0, 0.05) is 37.7 Å². The van der Waals surface area contributed by atoms with E-state index in [0.29, 0.717) is 31.5 Å². The molecule has 0 saturated heterocycles. The maximum atomic E-state index is 13.3. The molecule has 2 aromatic rings. The molecule has 3 rings (SSSR count). The molecule has 2 amide bonds. The lowest BCUT2D eigenvalue weighted by atomic mass is 10.0. The number of esters is 1. The number of hydrogen-bond acceptors (Lipinski definition) is 7. The number of benzene rings is 1. The minimum atomic E-state index is -0.593. The third-order valence-corrected chi connectivity index (χ3v) is 6.31. The van der Waals surface area contributed by atoms with Crippen LogP contribution in [0.3, 0.4) is 0 Å². The molecule has 0 fully saturated rings. The van der Waals surface area contributed by atoms with Crippen molar-refractivity contribution in [1.29, 1.82) is 0 Å². The summed E-state index contributed by atoms with van der Waals surface area (Å²) >= 11 is 1.62. The van der Waals surface area contributed by atoms with Crippen LogP contribution in [0.25, 0.3) is 0 Å². The number of hydrogen-bond donors (Lipinski definition) is 1. The lowest BCUT2D eigenvalue weighted by molar-refractivity contribution is -0.137. The number of ether oxygens (including phenoxy) is 2. The highest BCUT2D eigenvalue weighted by molar-refractivity contribution is 7.98. The molecule has 1 aromatic heterocycles. The molecule has 1 N–H and O–H groups in total. The molecular formula is C24H32N4O5S. The lowest BCUT2D eigenvalue weighted by Crippen LogP contribution is -2.49. The predicted molar refractivity (Wildman–Crippen MR) is 130 cm³/mol. The maximum absolute atomic E-state index is 13.3. The summed E-state index contributed by atoms with van der Waals surface area (Å²) in [4.78, 5) is 39.3. The van der Waals surface area contributed by atoms with Crippen LogP contribution in [0.4, 0.5) is 0 Å². The maximum Gasteiger partial charge on any atom is 0.359 e. The zero-order chi connectivity index (χ0) is 24.7. The first-order valence-corrected chi connectivity index (χ1v) is 12.7. The van der Waals surface area contributed by atoms with Crippen LogP contribution in [0, 0.1) is 0 Å². The lowest BCUT2D eigenvalue weighted by Gasteiger charge is -2.31. The Hall–Kier alpha value is -3.01. The first-order valence-electron chi connectivity index (χ1n) is 11.3. The van der Waals surface area contributed by atoms with Gasteiger partial charge in [-0.05, 0) is 43.0 Å². The van der Waals surface area contributed by atoms with Gasteiger partial charge in [-0.1, -0.05) is 12.1 Å². The van der Waals surface area contributed by atoms with Crippen molar-refractivity contribution in [2.75, 3.05) is 32.3 Å². The Morgan fingerprint density at radius 2 is 2.09 bits per heavy atom. The summed E-state index contributed by atoms with van der Waals surface area (Å²) in [5.74, 6) is 0.608. The number of carbonyl (C=O) groups is 3. The summed E-state index contributed by atoms with van der Waals surface area (Å²) in [6, 6.07) is 7.10. The molecule has 34 heavy (non-hydrogen) atoms.